The molecule has 5 aromatic rings. The van der Waals surface area contributed by atoms with Crippen molar-refractivity contribution in [2.45, 2.75) is 30.0 Å². The highest BCUT2D eigenvalue weighted by Gasteiger charge is 2.56. The Morgan fingerprint density at radius 2 is 1.70 bits per heavy atom. The summed E-state index contributed by atoms with van der Waals surface area (Å²) in [6.07, 6.45) is -1.55. The van der Waals surface area contributed by atoms with Crippen LogP contribution in [0.25, 0.3) is 16.6 Å². The Morgan fingerprint density at radius 1 is 0.978 bits per heavy atom. The predicted octanol–water partition coefficient (Wildman–Crippen LogP) is 6.51. The summed E-state index contributed by atoms with van der Waals surface area (Å²) in [6, 6.07) is 18.3. The van der Waals surface area contributed by atoms with Crippen LogP contribution < -0.4 is 19.3 Å². The van der Waals surface area contributed by atoms with Gasteiger partial charge in [0.2, 0.25) is 5.95 Å². The first-order chi connectivity index (χ1) is 21.9. The number of pyridine rings is 1. The molecule has 238 valence electrons. The van der Waals surface area contributed by atoms with E-state index in [0.717, 1.165) is 4.31 Å². The van der Waals surface area contributed by atoms with Crippen molar-refractivity contribution in [3.63, 3.8) is 0 Å². The normalized spacial score (nSPS) is 16.3. The number of alkyl halides is 3. The molecular formula is C32H26ClF3N4O5S. The second kappa shape index (κ2) is 12.0. The summed E-state index contributed by atoms with van der Waals surface area (Å²) in [4.78, 5) is 21.5. The number of hydrogen-bond acceptors (Lipinski definition) is 7. The zero-order valence-electron chi connectivity index (χ0n) is 24.4. The molecule has 0 amide bonds. The standard InChI is InChI=1S/C32H26ClF3N4O5S/c1-44-21-7-4-19(5-8-21)18-39(31-37-12-3-13-38-31)46(42,43)22-9-10-27-20(14-22)6-11-30(41)40(27)28-17-26(33)24(16-29(28)45-2)23-15-25(23)32(34,35)36/h3-14,16-17,23,25H,15,18H2,1-2H3. The molecule has 0 radical (unpaired) electrons. The molecule has 1 aliphatic rings. The molecule has 2 heterocycles. The maximum Gasteiger partial charge on any atom is 0.392 e. The highest BCUT2D eigenvalue weighted by molar-refractivity contribution is 7.92. The molecule has 2 atom stereocenters. The average Bonchev–Trinajstić information content (AvgIpc) is 3.86. The lowest BCUT2D eigenvalue weighted by Crippen LogP contribution is -2.32. The summed E-state index contributed by atoms with van der Waals surface area (Å²) >= 11 is 6.48. The van der Waals surface area contributed by atoms with Gasteiger partial charge in [-0.15, -0.1) is 0 Å². The molecule has 2 unspecified atom stereocenters. The Balaban J connectivity index is 1.42. The van der Waals surface area contributed by atoms with E-state index >= 15 is 0 Å². The summed E-state index contributed by atoms with van der Waals surface area (Å²) in [5, 5.41) is 0.452. The van der Waals surface area contributed by atoms with Crippen LogP contribution in [-0.2, 0) is 16.6 Å². The van der Waals surface area contributed by atoms with Crippen LogP contribution in [0.1, 0.15) is 23.5 Å². The van der Waals surface area contributed by atoms with Crippen molar-refractivity contribution in [3.05, 3.63) is 112 Å². The molecule has 0 saturated heterocycles. The lowest BCUT2D eigenvalue weighted by atomic mass is 10.1. The van der Waals surface area contributed by atoms with Gasteiger partial charge < -0.3 is 9.47 Å². The van der Waals surface area contributed by atoms with Gasteiger partial charge in [0.25, 0.3) is 15.6 Å². The Hall–Kier alpha value is -4.62. The number of halogens is 4. The molecule has 0 spiro atoms. The molecule has 3 aromatic carbocycles. The number of benzene rings is 3. The maximum absolute atomic E-state index is 14.1. The topological polar surface area (TPSA) is 104 Å². The van der Waals surface area contributed by atoms with Crippen LogP contribution in [0, 0.1) is 5.92 Å². The highest BCUT2D eigenvalue weighted by atomic mass is 35.5. The number of ether oxygens (including phenoxy) is 2. The van der Waals surface area contributed by atoms with Gasteiger partial charge in [0, 0.05) is 28.9 Å². The molecule has 2 aromatic heterocycles. The average molecular weight is 671 g/mol. The van der Waals surface area contributed by atoms with E-state index in [1.54, 1.807) is 30.3 Å². The van der Waals surface area contributed by atoms with Gasteiger partial charge in [0.15, 0.2) is 0 Å². The van der Waals surface area contributed by atoms with Crippen molar-refractivity contribution in [2.75, 3.05) is 18.5 Å². The number of nitrogens with zero attached hydrogens (tertiary/aromatic N) is 4. The Morgan fingerprint density at radius 3 is 2.33 bits per heavy atom. The van der Waals surface area contributed by atoms with Gasteiger partial charge in [-0.25, -0.2) is 22.7 Å². The monoisotopic (exact) mass is 670 g/mol. The fraction of sp³-hybridized carbons (Fsp3) is 0.219. The van der Waals surface area contributed by atoms with Crippen LogP contribution in [0.3, 0.4) is 0 Å². The maximum atomic E-state index is 14.1. The summed E-state index contributed by atoms with van der Waals surface area (Å²) in [7, 11) is -1.37. The molecule has 9 nitrogen and oxygen atoms in total. The third-order valence-electron chi connectivity index (χ3n) is 7.86. The third kappa shape index (κ3) is 5.87. The van der Waals surface area contributed by atoms with Crippen LogP contribution in [0.15, 0.2) is 94.9 Å². The lowest BCUT2D eigenvalue weighted by Gasteiger charge is -2.23. The van der Waals surface area contributed by atoms with E-state index < -0.39 is 33.6 Å². The van der Waals surface area contributed by atoms with Crippen molar-refractivity contribution in [2.24, 2.45) is 5.92 Å². The summed E-state index contributed by atoms with van der Waals surface area (Å²) in [6.45, 7) is -0.0773. The number of hydrogen-bond donors (Lipinski definition) is 0. The van der Waals surface area contributed by atoms with E-state index in [1.807, 2.05) is 0 Å². The molecule has 14 heteroatoms. The van der Waals surface area contributed by atoms with Crippen molar-refractivity contribution in [1.29, 1.82) is 0 Å². The van der Waals surface area contributed by atoms with E-state index in [-0.39, 0.29) is 45.8 Å². The Labute approximate surface area is 266 Å². The fourth-order valence-corrected chi connectivity index (χ4v) is 7.12. The second-order valence-corrected chi connectivity index (χ2v) is 12.9. The van der Waals surface area contributed by atoms with Gasteiger partial charge in [0.05, 0.1) is 42.8 Å². The molecule has 46 heavy (non-hydrogen) atoms. The first-order valence-electron chi connectivity index (χ1n) is 14.0. The van der Waals surface area contributed by atoms with E-state index in [4.69, 9.17) is 21.1 Å². The summed E-state index contributed by atoms with van der Waals surface area (Å²) in [5.74, 6) is -1.58. The van der Waals surface area contributed by atoms with Crippen LogP contribution in [0.2, 0.25) is 5.02 Å². The van der Waals surface area contributed by atoms with Crippen LogP contribution in [0.5, 0.6) is 11.5 Å². The predicted molar refractivity (Wildman–Crippen MR) is 166 cm³/mol. The minimum atomic E-state index is -4.35. The minimum Gasteiger partial charge on any atom is -0.497 e. The molecule has 6 rings (SSSR count). The number of anilines is 1. The minimum absolute atomic E-state index is 0.0359. The number of fused-ring (bicyclic) bond motifs is 1. The van der Waals surface area contributed by atoms with E-state index in [0.29, 0.717) is 22.2 Å². The van der Waals surface area contributed by atoms with E-state index in [9.17, 15) is 26.4 Å². The van der Waals surface area contributed by atoms with Crippen LogP contribution in [-0.4, -0.2) is 43.3 Å². The quantitative estimate of drug-likeness (QED) is 0.176. The van der Waals surface area contributed by atoms with Crippen LogP contribution in [0.4, 0.5) is 19.1 Å². The smallest absolute Gasteiger partial charge is 0.392 e. The van der Waals surface area contributed by atoms with Crippen molar-refractivity contribution in [3.8, 4) is 17.2 Å². The van der Waals surface area contributed by atoms with Crippen molar-refractivity contribution >= 4 is 38.5 Å². The number of methoxy groups -OCH3 is 2. The first-order valence-corrected chi connectivity index (χ1v) is 15.8. The fourth-order valence-electron chi connectivity index (χ4n) is 5.42. The van der Waals surface area contributed by atoms with Crippen molar-refractivity contribution in [1.82, 2.24) is 14.5 Å². The molecule has 1 fully saturated rings. The van der Waals surface area contributed by atoms with Crippen LogP contribution >= 0.6 is 11.6 Å². The Bertz CT molecular complexity index is 2090. The summed E-state index contributed by atoms with van der Waals surface area (Å²) in [5.41, 5.74) is 0.984. The van der Waals surface area contributed by atoms with Crippen molar-refractivity contribution < 1.29 is 31.1 Å². The number of aromatic nitrogens is 3. The summed E-state index contributed by atoms with van der Waals surface area (Å²) < 4.78 is 81.2. The largest absolute Gasteiger partial charge is 0.497 e. The zero-order chi connectivity index (χ0) is 32.8. The van der Waals surface area contributed by atoms with Gasteiger partial charge in [-0.05, 0) is 78.1 Å². The van der Waals surface area contributed by atoms with E-state index in [2.05, 4.69) is 9.97 Å². The SMILES string of the molecule is COc1ccc(CN(c2ncccn2)S(=O)(=O)c2ccc3c(ccc(=O)n3-c3cc(Cl)c(C4CC4C(F)(F)F)cc3OC)c2)cc1. The highest BCUT2D eigenvalue weighted by Crippen LogP contribution is 2.58. The third-order valence-corrected chi connectivity index (χ3v) is 9.91. The van der Waals surface area contributed by atoms with Gasteiger partial charge in [-0.1, -0.05) is 23.7 Å². The lowest BCUT2D eigenvalue weighted by molar-refractivity contribution is -0.148. The van der Waals surface area contributed by atoms with E-state index in [1.165, 1.54) is 73.6 Å². The molecule has 0 aliphatic heterocycles. The van der Waals surface area contributed by atoms with Gasteiger partial charge in [-0.2, -0.15) is 13.2 Å². The second-order valence-electron chi connectivity index (χ2n) is 10.7. The molecule has 0 bridgehead atoms. The number of sulfonamides is 1. The Kier molecular flexibility index (Phi) is 8.15. The number of rotatable bonds is 9. The van der Waals surface area contributed by atoms with Gasteiger partial charge in [-0.3, -0.25) is 9.36 Å². The first kappa shape index (κ1) is 31.4. The van der Waals surface area contributed by atoms with Gasteiger partial charge >= 0.3 is 6.18 Å². The zero-order valence-corrected chi connectivity index (χ0v) is 26.0. The molecular weight excluding hydrogens is 645 g/mol. The molecule has 1 aliphatic carbocycles. The molecule has 0 N–H and O–H groups in total. The molecule has 1 saturated carbocycles. The van der Waals surface area contributed by atoms with Gasteiger partial charge in [0.1, 0.15) is 11.5 Å².